The van der Waals surface area contributed by atoms with Gasteiger partial charge in [-0.15, -0.1) is 12.4 Å². The molecule has 1 atom stereocenters. The van der Waals surface area contributed by atoms with Gasteiger partial charge in [-0.1, -0.05) is 6.42 Å². The van der Waals surface area contributed by atoms with E-state index in [1.807, 2.05) is 19.3 Å². The first-order chi connectivity index (χ1) is 6.36. The molecule has 0 amide bonds. The SMILES string of the molecule is Cc1cnc(C2CCCCN2)cn1.Cl. The second-order valence-electron chi connectivity index (χ2n) is 3.59. The minimum Gasteiger partial charge on any atom is -0.309 e. The van der Waals surface area contributed by atoms with Crippen molar-refractivity contribution in [3.8, 4) is 0 Å². The Morgan fingerprint density at radius 3 is 2.71 bits per heavy atom. The molecule has 14 heavy (non-hydrogen) atoms. The highest BCUT2D eigenvalue weighted by Crippen LogP contribution is 2.20. The zero-order valence-electron chi connectivity index (χ0n) is 8.36. The van der Waals surface area contributed by atoms with E-state index in [0.717, 1.165) is 17.9 Å². The van der Waals surface area contributed by atoms with Gasteiger partial charge in [-0.05, 0) is 26.3 Å². The minimum absolute atomic E-state index is 0. The van der Waals surface area contributed by atoms with Crippen LogP contribution in [0, 0.1) is 6.92 Å². The van der Waals surface area contributed by atoms with Crippen molar-refractivity contribution in [1.82, 2.24) is 15.3 Å². The van der Waals surface area contributed by atoms with Gasteiger partial charge in [0.05, 0.1) is 23.6 Å². The van der Waals surface area contributed by atoms with Gasteiger partial charge >= 0.3 is 0 Å². The Hall–Kier alpha value is -0.670. The van der Waals surface area contributed by atoms with Gasteiger partial charge in [-0.3, -0.25) is 9.97 Å². The molecular weight excluding hydrogens is 198 g/mol. The number of piperidine rings is 1. The fraction of sp³-hybridized carbons (Fsp3) is 0.600. The lowest BCUT2D eigenvalue weighted by Gasteiger charge is -2.22. The second-order valence-corrected chi connectivity index (χ2v) is 3.59. The van der Waals surface area contributed by atoms with Crippen LogP contribution >= 0.6 is 12.4 Å². The summed E-state index contributed by atoms with van der Waals surface area (Å²) in [5.41, 5.74) is 2.07. The van der Waals surface area contributed by atoms with Crippen molar-refractivity contribution >= 4 is 12.4 Å². The molecule has 2 heterocycles. The number of rotatable bonds is 1. The number of nitrogens with one attached hydrogen (secondary N) is 1. The zero-order valence-corrected chi connectivity index (χ0v) is 9.18. The van der Waals surface area contributed by atoms with Crippen LogP contribution in [0.3, 0.4) is 0 Å². The summed E-state index contributed by atoms with van der Waals surface area (Å²) < 4.78 is 0. The van der Waals surface area contributed by atoms with E-state index in [9.17, 15) is 0 Å². The third-order valence-corrected chi connectivity index (χ3v) is 2.47. The van der Waals surface area contributed by atoms with Crippen molar-refractivity contribution in [1.29, 1.82) is 0 Å². The standard InChI is InChI=1S/C10H15N3.ClH/c1-8-6-13-10(7-12-8)9-4-2-3-5-11-9;/h6-7,9,11H,2-5H2,1H3;1H. The highest BCUT2D eigenvalue weighted by atomic mass is 35.5. The van der Waals surface area contributed by atoms with Crippen LogP contribution in [0.4, 0.5) is 0 Å². The van der Waals surface area contributed by atoms with Gasteiger partial charge in [-0.2, -0.15) is 0 Å². The summed E-state index contributed by atoms with van der Waals surface area (Å²) in [5, 5.41) is 3.45. The summed E-state index contributed by atoms with van der Waals surface area (Å²) in [6.45, 7) is 3.07. The van der Waals surface area contributed by atoms with Crippen LogP contribution in [-0.4, -0.2) is 16.5 Å². The number of aromatic nitrogens is 2. The molecule has 1 aromatic rings. The van der Waals surface area contributed by atoms with E-state index in [0.29, 0.717) is 6.04 Å². The minimum atomic E-state index is 0. The van der Waals surface area contributed by atoms with E-state index in [1.165, 1.54) is 19.3 Å². The Morgan fingerprint density at radius 1 is 1.29 bits per heavy atom. The van der Waals surface area contributed by atoms with Crippen LogP contribution in [0.2, 0.25) is 0 Å². The monoisotopic (exact) mass is 213 g/mol. The number of hydrogen-bond donors (Lipinski definition) is 1. The third kappa shape index (κ3) is 2.66. The molecule has 1 aliphatic heterocycles. The van der Waals surface area contributed by atoms with E-state index >= 15 is 0 Å². The van der Waals surface area contributed by atoms with E-state index < -0.39 is 0 Å². The third-order valence-electron chi connectivity index (χ3n) is 2.47. The van der Waals surface area contributed by atoms with Crippen molar-refractivity contribution in [2.45, 2.75) is 32.2 Å². The van der Waals surface area contributed by atoms with Gasteiger partial charge in [0.25, 0.3) is 0 Å². The summed E-state index contributed by atoms with van der Waals surface area (Å²) >= 11 is 0. The van der Waals surface area contributed by atoms with Crippen LogP contribution in [0.15, 0.2) is 12.4 Å². The summed E-state index contributed by atoms with van der Waals surface area (Å²) in [6, 6.07) is 0.432. The summed E-state index contributed by atoms with van der Waals surface area (Å²) in [7, 11) is 0. The van der Waals surface area contributed by atoms with Gasteiger partial charge < -0.3 is 5.32 Å². The van der Waals surface area contributed by atoms with Gasteiger partial charge in [0, 0.05) is 6.20 Å². The maximum absolute atomic E-state index is 4.38. The summed E-state index contributed by atoms with van der Waals surface area (Å²) in [5.74, 6) is 0. The van der Waals surface area contributed by atoms with Crippen molar-refractivity contribution in [3.05, 3.63) is 23.8 Å². The Bertz CT molecular complexity index is 267. The number of aryl methyl sites for hydroxylation is 1. The molecular formula is C10H16ClN3. The van der Waals surface area contributed by atoms with E-state index in [-0.39, 0.29) is 12.4 Å². The highest BCUT2D eigenvalue weighted by molar-refractivity contribution is 5.85. The first kappa shape index (κ1) is 11.4. The molecule has 0 aliphatic carbocycles. The number of nitrogens with zero attached hydrogens (tertiary/aromatic N) is 2. The Balaban J connectivity index is 0.000000980. The van der Waals surface area contributed by atoms with Gasteiger partial charge in [0.1, 0.15) is 0 Å². The number of halogens is 1. The molecule has 78 valence electrons. The molecule has 0 aromatic carbocycles. The lowest BCUT2D eigenvalue weighted by molar-refractivity contribution is 0.404. The smallest absolute Gasteiger partial charge is 0.0756 e. The summed E-state index contributed by atoms with van der Waals surface area (Å²) in [4.78, 5) is 8.63. The quantitative estimate of drug-likeness (QED) is 0.776. The Labute approximate surface area is 90.8 Å². The first-order valence-electron chi connectivity index (χ1n) is 4.88. The van der Waals surface area contributed by atoms with Crippen LogP contribution in [0.5, 0.6) is 0 Å². The van der Waals surface area contributed by atoms with Crippen LogP contribution < -0.4 is 5.32 Å². The fourth-order valence-electron chi connectivity index (χ4n) is 1.69. The Morgan fingerprint density at radius 2 is 2.14 bits per heavy atom. The van der Waals surface area contributed by atoms with Crippen LogP contribution in [0.25, 0.3) is 0 Å². The maximum Gasteiger partial charge on any atom is 0.0756 e. The molecule has 3 nitrogen and oxygen atoms in total. The molecule has 0 radical (unpaired) electrons. The maximum atomic E-state index is 4.38. The summed E-state index contributed by atoms with van der Waals surface area (Å²) in [6.07, 6.45) is 7.50. The molecule has 1 saturated heterocycles. The van der Waals surface area contributed by atoms with Crippen molar-refractivity contribution in [2.24, 2.45) is 0 Å². The topological polar surface area (TPSA) is 37.8 Å². The first-order valence-corrected chi connectivity index (χ1v) is 4.88. The Kier molecular flexibility index (Phi) is 4.29. The molecule has 0 saturated carbocycles. The fourth-order valence-corrected chi connectivity index (χ4v) is 1.69. The molecule has 1 unspecified atom stereocenters. The van der Waals surface area contributed by atoms with Crippen molar-refractivity contribution < 1.29 is 0 Å². The highest BCUT2D eigenvalue weighted by Gasteiger charge is 2.15. The lowest BCUT2D eigenvalue weighted by atomic mass is 10.0. The van der Waals surface area contributed by atoms with Crippen LogP contribution in [-0.2, 0) is 0 Å². The largest absolute Gasteiger partial charge is 0.309 e. The van der Waals surface area contributed by atoms with Gasteiger partial charge in [0.2, 0.25) is 0 Å². The van der Waals surface area contributed by atoms with Gasteiger partial charge in [-0.25, -0.2) is 0 Å². The zero-order chi connectivity index (χ0) is 9.10. The normalized spacial score (nSPS) is 21.4. The van der Waals surface area contributed by atoms with Crippen LogP contribution in [0.1, 0.15) is 36.7 Å². The van der Waals surface area contributed by atoms with E-state index in [1.54, 1.807) is 0 Å². The number of hydrogen-bond acceptors (Lipinski definition) is 3. The predicted octanol–water partition coefficient (Wildman–Crippen LogP) is 2.02. The molecule has 0 bridgehead atoms. The molecule has 4 heteroatoms. The van der Waals surface area contributed by atoms with Crippen molar-refractivity contribution in [2.75, 3.05) is 6.54 Å². The second kappa shape index (κ2) is 5.27. The molecule has 0 spiro atoms. The molecule has 2 rings (SSSR count). The van der Waals surface area contributed by atoms with E-state index in [2.05, 4.69) is 15.3 Å². The predicted molar refractivity (Wildman–Crippen MR) is 58.6 cm³/mol. The lowest BCUT2D eigenvalue weighted by Crippen LogP contribution is -2.27. The molecule has 1 N–H and O–H groups in total. The molecule has 1 aliphatic rings. The molecule has 1 aromatic heterocycles. The average Bonchev–Trinajstić information content (AvgIpc) is 2.20. The molecule has 1 fully saturated rings. The van der Waals surface area contributed by atoms with Crippen molar-refractivity contribution in [3.63, 3.8) is 0 Å². The van der Waals surface area contributed by atoms with Gasteiger partial charge in [0.15, 0.2) is 0 Å². The van der Waals surface area contributed by atoms with E-state index in [4.69, 9.17) is 0 Å². The average molecular weight is 214 g/mol.